The van der Waals surface area contributed by atoms with Crippen LogP contribution in [0.2, 0.25) is 0 Å². The van der Waals surface area contributed by atoms with Gasteiger partial charge in [-0.1, -0.05) is 0 Å². The normalized spacial score (nSPS) is 15.2. The van der Waals surface area contributed by atoms with Crippen LogP contribution >= 0.6 is 0 Å². The molecule has 0 spiro atoms. The predicted molar refractivity (Wildman–Crippen MR) is 72.3 cm³/mol. The van der Waals surface area contributed by atoms with E-state index < -0.39 is 0 Å². The molecule has 1 saturated carbocycles. The topological polar surface area (TPSA) is 70.7 Å². The molecule has 0 atom stereocenters. The maximum atomic E-state index is 12.7. The molecule has 1 amide bonds. The highest BCUT2D eigenvalue weighted by Gasteiger charge is 2.27. The molecule has 0 heterocycles. The first-order valence-corrected chi connectivity index (χ1v) is 6.14. The van der Waals surface area contributed by atoms with E-state index >= 15 is 0 Å². The van der Waals surface area contributed by atoms with Crippen molar-refractivity contribution < 1.29 is 9.18 Å². The second kappa shape index (κ2) is 5.69. The Morgan fingerprint density at radius 3 is 2.68 bits per heavy atom. The fraction of sp³-hybridized carbons (Fsp3) is 0.385. The van der Waals surface area contributed by atoms with Gasteiger partial charge in [0.2, 0.25) is 5.91 Å². The molecule has 102 valence electrons. The summed E-state index contributed by atoms with van der Waals surface area (Å²) >= 11 is 0. The Bertz CT molecular complexity index is 482. The van der Waals surface area contributed by atoms with Gasteiger partial charge in [0, 0.05) is 18.8 Å². The fourth-order valence-corrected chi connectivity index (χ4v) is 1.65. The summed E-state index contributed by atoms with van der Waals surface area (Å²) in [5, 5.41) is 2.62. The van der Waals surface area contributed by atoms with Gasteiger partial charge in [-0.2, -0.15) is 0 Å². The number of carbonyl (C=O) groups excluding carboxylic acids is 1. The van der Waals surface area contributed by atoms with Gasteiger partial charge in [-0.05, 0) is 37.1 Å². The average molecular weight is 264 g/mol. The van der Waals surface area contributed by atoms with Crippen LogP contribution < -0.4 is 11.1 Å². The lowest BCUT2D eigenvalue weighted by molar-refractivity contribution is -0.114. The molecule has 19 heavy (non-hydrogen) atoms. The number of guanidine groups is 1. The van der Waals surface area contributed by atoms with Gasteiger partial charge in [-0.25, -0.2) is 9.38 Å². The number of nitrogens with two attached hydrogens (primary N) is 1. The number of amides is 1. The Kier molecular flexibility index (Phi) is 3.99. The van der Waals surface area contributed by atoms with Crippen molar-refractivity contribution in [1.29, 1.82) is 0 Å². The Hall–Kier alpha value is -2.11. The van der Waals surface area contributed by atoms with E-state index in [-0.39, 0.29) is 18.3 Å². The molecule has 1 aliphatic carbocycles. The first kappa shape index (κ1) is 13.3. The number of hydrogen-bond acceptors (Lipinski definition) is 2. The number of carbonyl (C=O) groups is 1. The van der Waals surface area contributed by atoms with Crippen molar-refractivity contribution in [1.82, 2.24) is 4.90 Å². The molecule has 6 heteroatoms. The summed E-state index contributed by atoms with van der Waals surface area (Å²) in [6, 6.07) is 6.03. The van der Waals surface area contributed by atoms with Crippen molar-refractivity contribution in [3.63, 3.8) is 0 Å². The van der Waals surface area contributed by atoms with Crippen LogP contribution in [0.4, 0.5) is 10.1 Å². The van der Waals surface area contributed by atoms with E-state index in [2.05, 4.69) is 10.3 Å². The van der Waals surface area contributed by atoms with Crippen LogP contribution in [-0.4, -0.2) is 36.4 Å². The highest BCUT2D eigenvalue weighted by atomic mass is 19.1. The Morgan fingerprint density at radius 2 is 2.11 bits per heavy atom. The van der Waals surface area contributed by atoms with Gasteiger partial charge in [-0.15, -0.1) is 0 Å². The molecule has 0 aromatic heterocycles. The molecule has 1 aromatic rings. The van der Waals surface area contributed by atoms with Gasteiger partial charge in [0.05, 0.1) is 0 Å². The van der Waals surface area contributed by atoms with Crippen molar-refractivity contribution in [2.75, 3.05) is 18.9 Å². The van der Waals surface area contributed by atoms with Crippen molar-refractivity contribution in [3.8, 4) is 0 Å². The zero-order valence-electron chi connectivity index (χ0n) is 10.8. The van der Waals surface area contributed by atoms with Gasteiger partial charge in [-0.3, -0.25) is 4.79 Å². The second-order valence-electron chi connectivity index (χ2n) is 4.57. The molecule has 1 aromatic carbocycles. The number of benzene rings is 1. The standard InChI is InChI=1S/C13H17FN4O/c1-18(11-6-7-11)13(15)16-8-12(19)17-10-4-2-9(14)3-5-10/h2-5,11H,6-8H2,1H3,(H2,15,16)(H,17,19). The van der Waals surface area contributed by atoms with E-state index in [1.54, 1.807) is 0 Å². The van der Waals surface area contributed by atoms with E-state index in [9.17, 15) is 9.18 Å². The molecular formula is C13H17FN4O. The molecule has 1 aliphatic rings. The second-order valence-corrected chi connectivity index (χ2v) is 4.57. The smallest absolute Gasteiger partial charge is 0.246 e. The van der Waals surface area contributed by atoms with Crippen LogP contribution in [-0.2, 0) is 4.79 Å². The number of aliphatic imine (C=N–C) groups is 1. The maximum absolute atomic E-state index is 12.7. The minimum absolute atomic E-state index is 0.0414. The van der Waals surface area contributed by atoms with E-state index in [4.69, 9.17) is 5.73 Å². The summed E-state index contributed by atoms with van der Waals surface area (Å²) in [7, 11) is 1.87. The zero-order chi connectivity index (χ0) is 13.8. The van der Waals surface area contributed by atoms with Crippen LogP contribution in [0.25, 0.3) is 0 Å². The summed E-state index contributed by atoms with van der Waals surface area (Å²) in [6.07, 6.45) is 2.24. The van der Waals surface area contributed by atoms with E-state index in [1.165, 1.54) is 24.3 Å². The summed E-state index contributed by atoms with van der Waals surface area (Å²) in [4.78, 5) is 17.5. The first-order valence-electron chi connectivity index (χ1n) is 6.14. The molecule has 1 fully saturated rings. The third-order valence-corrected chi connectivity index (χ3v) is 2.97. The van der Waals surface area contributed by atoms with Gasteiger partial charge in [0.25, 0.3) is 0 Å². The minimum atomic E-state index is -0.341. The molecule has 5 nitrogen and oxygen atoms in total. The Balaban J connectivity index is 1.83. The monoisotopic (exact) mass is 264 g/mol. The molecular weight excluding hydrogens is 247 g/mol. The molecule has 3 N–H and O–H groups in total. The SMILES string of the molecule is CN(C(N)=NCC(=O)Nc1ccc(F)cc1)C1CC1. The lowest BCUT2D eigenvalue weighted by Crippen LogP contribution is -2.36. The van der Waals surface area contributed by atoms with Gasteiger partial charge in [0.15, 0.2) is 5.96 Å². The third kappa shape index (κ3) is 3.94. The molecule has 2 rings (SSSR count). The zero-order valence-corrected chi connectivity index (χ0v) is 10.8. The number of rotatable bonds is 4. The summed E-state index contributed by atoms with van der Waals surface area (Å²) in [6.45, 7) is -0.0414. The number of hydrogen-bond donors (Lipinski definition) is 2. The summed E-state index contributed by atoms with van der Waals surface area (Å²) in [5.74, 6) is -0.248. The van der Waals surface area contributed by atoms with Crippen LogP contribution in [0.5, 0.6) is 0 Å². The van der Waals surface area contributed by atoms with Crippen molar-refractivity contribution in [2.24, 2.45) is 10.7 Å². The van der Waals surface area contributed by atoms with E-state index in [0.717, 1.165) is 12.8 Å². The van der Waals surface area contributed by atoms with Crippen LogP contribution in [0.15, 0.2) is 29.3 Å². The van der Waals surface area contributed by atoms with Crippen LogP contribution in [0, 0.1) is 5.82 Å². The van der Waals surface area contributed by atoms with Gasteiger partial charge < -0.3 is 16.0 Å². The van der Waals surface area contributed by atoms with Crippen molar-refractivity contribution in [3.05, 3.63) is 30.1 Å². The summed E-state index contributed by atoms with van der Waals surface area (Å²) in [5.41, 5.74) is 6.30. The average Bonchev–Trinajstić information content (AvgIpc) is 3.22. The van der Waals surface area contributed by atoms with Crippen LogP contribution in [0.3, 0.4) is 0 Å². The first-order chi connectivity index (χ1) is 9.06. The van der Waals surface area contributed by atoms with Crippen molar-refractivity contribution >= 4 is 17.6 Å². The van der Waals surface area contributed by atoms with E-state index in [1.807, 2.05) is 11.9 Å². The van der Waals surface area contributed by atoms with E-state index in [0.29, 0.717) is 17.7 Å². The number of anilines is 1. The molecule has 0 bridgehead atoms. The predicted octanol–water partition coefficient (Wildman–Crippen LogP) is 1.17. The molecule has 0 radical (unpaired) electrons. The molecule has 0 unspecified atom stereocenters. The quantitative estimate of drug-likeness (QED) is 0.633. The van der Waals surface area contributed by atoms with Gasteiger partial charge in [0.1, 0.15) is 12.4 Å². The maximum Gasteiger partial charge on any atom is 0.246 e. The molecule has 0 saturated heterocycles. The lowest BCUT2D eigenvalue weighted by atomic mass is 10.3. The largest absolute Gasteiger partial charge is 0.370 e. The highest BCUT2D eigenvalue weighted by Crippen LogP contribution is 2.24. The third-order valence-electron chi connectivity index (χ3n) is 2.97. The minimum Gasteiger partial charge on any atom is -0.370 e. The highest BCUT2D eigenvalue weighted by molar-refractivity contribution is 5.93. The summed E-state index contributed by atoms with van der Waals surface area (Å²) < 4.78 is 12.7. The van der Waals surface area contributed by atoms with Gasteiger partial charge >= 0.3 is 0 Å². The fourth-order valence-electron chi connectivity index (χ4n) is 1.65. The Labute approximate surface area is 111 Å². The number of halogens is 1. The lowest BCUT2D eigenvalue weighted by Gasteiger charge is -2.16. The Morgan fingerprint density at radius 1 is 1.47 bits per heavy atom. The number of nitrogens with one attached hydrogen (secondary N) is 1. The number of nitrogens with zero attached hydrogens (tertiary/aromatic N) is 2. The molecule has 0 aliphatic heterocycles. The van der Waals surface area contributed by atoms with Crippen molar-refractivity contribution in [2.45, 2.75) is 18.9 Å². The van der Waals surface area contributed by atoms with Crippen LogP contribution in [0.1, 0.15) is 12.8 Å².